The fraction of sp³-hybridized carbons (Fsp3) is 0.333. The summed E-state index contributed by atoms with van der Waals surface area (Å²) in [6.45, 7) is 0.401. The molecule has 1 aromatic heterocycles. The lowest BCUT2D eigenvalue weighted by Crippen LogP contribution is -2.21. The van der Waals surface area contributed by atoms with E-state index in [-0.39, 0.29) is 6.04 Å². The van der Waals surface area contributed by atoms with Crippen molar-refractivity contribution in [3.05, 3.63) is 24.3 Å². The van der Waals surface area contributed by atoms with Gasteiger partial charge in [0, 0.05) is 18.9 Å². The molecule has 10 heavy (non-hydrogen) atoms. The summed E-state index contributed by atoms with van der Waals surface area (Å²) in [5, 5.41) is 0. The van der Waals surface area contributed by atoms with E-state index < -0.39 is 0 Å². The average Bonchev–Trinajstić information content (AvgIpc) is 2.05. The van der Waals surface area contributed by atoms with Crippen molar-refractivity contribution < 1.29 is 0 Å². The summed E-state index contributed by atoms with van der Waals surface area (Å²) >= 11 is 0. The summed E-state index contributed by atoms with van der Waals surface area (Å²) in [6, 6.07) is -0.186. The monoisotopic (exact) mass is 138 g/mol. The molecule has 4 nitrogen and oxygen atoms in total. The van der Waals surface area contributed by atoms with Crippen molar-refractivity contribution in [2.45, 2.75) is 6.04 Å². The third kappa shape index (κ3) is 1.49. The highest BCUT2D eigenvalue weighted by molar-refractivity contribution is 5.01. The summed E-state index contributed by atoms with van der Waals surface area (Å²) in [7, 11) is 0. The van der Waals surface area contributed by atoms with E-state index in [1.807, 2.05) is 0 Å². The lowest BCUT2D eigenvalue weighted by Gasteiger charge is -2.04. The lowest BCUT2D eigenvalue weighted by atomic mass is 10.2. The van der Waals surface area contributed by atoms with Crippen molar-refractivity contribution in [2.24, 2.45) is 11.5 Å². The predicted octanol–water partition coefficient (Wildman–Crippen LogP) is -0.565. The summed E-state index contributed by atoms with van der Waals surface area (Å²) in [4.78, 5) is 7.84. The van der Waals surface area contributed by atoms with Crippen LogP contribution in [0.3, 0.4) is 0 Å². The van der Waals surface area contributed by atoms with Crippen molar-refractivity contribution in [3.63, 3.8) is 0 Å². The molecule has 0 saturated carbocycles. The highest BCUT2D eigenvalue weighted by Crippen LogP contribution is 2.00. The van der Waals surface area contributed by atoms with E-state index in [1.165, 1.54) is 0 Å². The summed E-state index contributed by atoms with van der Waals surface area (Å²) in [5.74, 6) is 0. The van der Waals surface area contributed by atoms with E-state index in [4.69, 9.17) is 11.5 Å². The van der Waals surface area contributed by atoms with Crippen LogP contribution >= 0.6 is 0 Å². The van der Waals surface area contributed by atoms with Gasteiger partial charge in [-0.1, -0.05) is 0 Å². The third-order valence-corrected chi connectivity index (χ3v) is 1.22. The fourth-order valence-electron chi connectivity index (χ4n) is 0.623. The highest BCUT2D eigenvalue weighted by Gasteiger charge is 2.02. The minimum atomic E-state index is -0.186. The Labute approximate surface area is 59.3 Å². The van der Waals surface area contributed by atoms with E-state index in [1.54, 1.807) is 18.6 Å². The van der Waals surface area contributed by atoms with Gasteiger partial charge in [-0.2, -0.15) is 0 Å². The van der Waals surface area contributed by atoms with Crippen LogP contribution in [0.15, 0.2) is 18.6 Å². The molecule has 0 bridgehead atoms. The second-order valence-electron chi connectivity index (χ2n) is 1.97. The first-order chi connectivity index (χ1) is 4.84. The van der Waals surface area contributed by atoms with Gasteiger partial charge in [0.25, 0.3) is 0 Å². The molecular formula is C6H10N4. The Morgan fingerprint density at radius 1 is 1.50 bits per heavy atom. The van der Waals surface area contributed by atoms with Gasteiger partial charge in [0.05, 0.1) is 17.9 Å². The molecule has 4 N–H and O–H groups in total. The second-order valence-corrected chi connectivity index (χ2v) is 1.97. The molecule has 0 aliphatic carbocycles. The van der Waals surface area contributed by atoms with Crippen molar-refractivity contribution >= 4 is 0 Å². The van der Waals surface area contributed by atoms with Gasteiger partial charge in [0.15, 0.2) is 0 Å². The molecule has 0 spiro atoms. The maximum absolute atomic E-state index is 5.57. The molecule has 54 valence electrons. The molecule has 0 aliphatic rings. The van der Waals surface area contributed by atoms with Crippen LogP contribution in [-0.2, 0) is 0 Å². The summed E-state index contributed by atoms with van der Waals surface area (Å²) in [5.41, 5.74) is 11.6. The zero-order valence-electron chi connectivity index (χ0n) is 5.57. The van der Waals surface area contributed by atoms with Crippen LogP contribution in [0.5, 0.6) is 0 Å². The van der Waals surface area contributed by atoms with E-state index in [0.717, 1.165) is 5.69 Å². The molecule has 0 saturated heterocycles. The van der Waals surface area contributed by atoms with Gasteiger partial charge < -0.3 is 11.5 Å². The second kappa shape index (κ2) is 3.24. The quantitative estimate of drug-likeness (QED) is 0.574. The SMILES string of the molecule is NC[C@@H](N)c1cnccn1. The Morgan fingerprint density at radius 2 is 2.30 bits per heavy atom. The first kappa shape index (κ1) is 7.11. The van der Waals surface area contributed by atoms with Gasteiger partial charge in [-0.3, -0.25) is 9.97 Å². The molecule has 0 unspecified atom stereocenters. The minimum absolute atomic E-state index is 0.186. The van der Waals surface area contributed by atoms with Crippen LogP contribution in [0.25, 0.3) is 0 Å². The Balaban J connectivity index is 2.75. The molecule has 1 heterocycles. The molecule has 4 heteroatoms. The molecule has 1 rings (SSSR count). The molecule has 0 amide bonds. The smallest absolute Gasteiger partial charge is 0.0766 e. The van der Waals surface area contributed by atoms with Crippen molar-refractivity contribution in [1.29, 1.82) is 0 Å². The molecule has 1 aromatic rings. The molecule has 0 aromatic carbocycles. The Morgan fingerprint density at radius 3 is 2.80 bits per heavy atom. The Hall–Kier alpha value is -1.00. The normalized spacial score (nSPS) is 13.0. The number of hydrogen-bond acceptors (Lipinski definition) is 4. The number of rotatable bonds is 2. The third-order valence-electron chi connectivity index (χ3n) is 1.22. The van der Waals surface area contributed by atoms with E-state index in [9.17, 15) is 0 Å². The zero-order chi connectivity index (χ0) is 7.40. The van der Waals surface area contributed by atoms with Gasteiger partial charge in [-0.25, -0.2) is 0 Å². The van der Waals surface area contributed by atoms with Gasteiger partial charge >= 0.3 is 0 Å². The van der Waals surface area contributed by atoms with E-state index in [0.29, 0.717) is 6.54 Å². The van der Waals surface area contributed by atoms with Gasteiger partial charge in [-0.15, -0.1) is 0 Å². The Kier molecular flexibility index (Phi) is 2.30. The van der Waals surface area contributed by atoms with Crippen LogP contribution < -0.4 is 11.5 Å². The van der Waals surface area contributed by atoms with Crippen LogP contribution in [-0.4, -0.2) is 16.5 Å². The number of nitrogens with zero attached hydrogens (tertiary/aromatic N) is 2. The number of aromatic nitrogens is 2. The maximum Gasteiger partial charge on any atom is 0.0766 e. The topological polar surface area (TPSA) is 77.8 Å². The first-order valence-electron chi connectivity index (χ1n) is 3.06. The maximum atomic E-state index is 5.57. The van der Waals surface area contributed by atoms with Gasteiger partial charge in [-0.05, 0) is 0 Å². The van der Waals surface area contributed by atoms with Crippen LogP contribution in [0.1, 0.15) is 11.7 Å². The number of hydrogen-bond donors (Lipinski definition) is 2. The molecule has 0 fully saturated rings. The van der Waals surface area contributed by atoms with Crippen molar-refractivity contribution in [3.8, 4) is 0 Å². The highest BCUT2D eigenvalue weighted by atomic mass is 14.8. The van der Waals surface area contributed by atoms with Crippen LogP contribution in [0, 0.1) is 0 Å². The molecular weight excluding hydrogens is 128 g/mol. The first-order valence-corrected chi connectivity index (χ1v) is 3.06. The lowest BCUT2D eigenvalue weighted by molar-refractivity contribution is 0.705. The van der Waals surface area contributed by atoms with Gasteiger partial charge in [0.1, 0.15) is 0 Å². The molecule has 0 radical (unpaired) electrons. The summed E-state index contributed by atoms with van der Waals surface area (Å²) in [6.07, 6.45) is 4.83. The Bertz CT molecular complexity index is 186. The zero-order valence-corrected chi connectivity index (χ0v) is 5.57. The van der Waals surface area contributed by atoms with Gasteiger partial charge in [0.2, 0.25) is 0 Å². The summed E-state index contributed by atoms with van der Waals surface area (Å²) < 4.78 is 0. The molecule has 0 aliphatic heterocycles. The average molecular weight is 138 g/mol. The predicted molar refractivity (Wildman–Crippen MR) is 38.0 cm³/mol. The van der Waals surface area contributed by atoms with Crippen LogP contribution in [0.2, 0.25) is 0 Å². The van der Waals surface area contributed by atoms with Crippen molar-refractivity contribution in [2.75, 3.05) is 6.54 Å². The minimum Gasteiger partial charge on any atom is -0.329 e. The number of nitrogens with two attached hydrogens (primary N) is 2. The largest absolute Gasteiger partial charge is 0.329 e. The standard InChI is InChI=1S/C6H10N4/c7-3-5(8)6-4-9-1-2-10-6/h1-2,4-5H,3,7-8H2/t5-/m1/s1. The van der Waals surface area contributed by atoms with Crippen LogP contribution in [0.4, 0.5) is 0 Å². The van der Waals surface area contributed by atoms with Crippen molar-refractivity contribution in [1.82, 2.24) is 9.97 Å². The fourth-order valence-corrected chi connectivity index (χ4v) is 0.623. The molecule has 1 atom stereocenters. The van der Waals surface area contributed by atoms with E-state index in [2.05, 4.69) is 9.97 Å². The van der Waals surface area contributed by atoms with E-state index >= 15 is 0 Å².